The molecular weight excluding hydrogens is 386 g/mol. The lowest BCUT2D eigenvalue weighted by molar-refractivity contribution is 0.259. The van der Waals surface area contributed by atoms with Gasteiger partial charge >= 0.3 is 0 Å². The highest BCUT2D eigenvalue weighted by atomic mass is 35.5. The van der Waals surface area contributed by atoms with E-state index in [4.69, 9.17) is 0 Å². The highest BCUT2D eigenvalue weighted by Gasteiger charge is 2.04. The molecule has 0 N–H and O–H groups in total. The van der Waals surface area contributed by atoms with Crippen LogP contribution in [0.4, 0.5) is 0 Å². The van der Waals surface area contributed by atoms with Crippen molar-refractivity contribution in [3.05, 3.63) is 35.9 Å². The average molecular weight is 438 g/mol. The zero-order valence-corrected chi connectivity index (χ0v) is 21.2. The van der Waals surface area contributed by atoms with Crippen molar-refractivity contribution in [1.82, 2.24) is 4.90 Å². The van der Waals surface area contributed by atoms with Crippen LogP contribution in [0.2, 0.25) is 0 Å². The lowest BCUT2D eigenvalue weighted by Gasteiger charge is -2.21. The first-order chi connectivity index (χ1) is 14.4. The SMILES string of the molecule is CCCCCCCCCCCCCCCCCCN(CCC)Cc1ccccc1.Cl. The second kappa shape index (κ2) is 23.1. The van der Waals surface area contributed by atoms with Gasteiger partial charge in [0.05, 0.1) is 0 Å². The van der Waals surface area contributed by atoms with E-state index in [1.54, 1.807) is 0 Å². The van der Waals surface area contributed by atoms with Crippen molar-refractivity contribution in [2.24, 2.45) is 0 Å². The molecule has 0 amide bonds. The summed E-state index contributed by atoms with van der Waals surface area (Å²) in [4.78, 5) is 2.64. The summed E-state index contributed by atoms with van der Waals surface area (Å²) in [7, 11) is 0. The molecule has 0 saturated heterocycles. The van der Waals surface area contributed by atoms with E-state index in [1.807, 2.05) is 0 Å². The zero-order valence-electron chi connectivity index (χ0n) is 20.4. The van der Waals surface area contributed by atoms with Gasteiger partial charge in [0.25, 0.3) is 0 Å². The molecular formula is C28H52ClN. The van der Waals surface area contributed by atoms with E-state index in [0.717, 1.165) is 6.54 Å². The maximum Gasteiger partial charge on any atom is 0.0233 e. The summed E-state index contributed by atoms with van der Waals surface area (Å²) in [6.07, 6.45) is 24.4. The highest BCUT2D eigenvalue weighted by molar-refractivity contribution is 5.85. The standard InChI is InChI=1S/C28H51N.ClH/c1-3-5-6-7-8-9-10-11-12-13-14-15-16-17-18-22-26-29(25-4-2)27-28-23-20-19-21-24-28;/h19-21,23-24H,3-18,22,25-27H2,1-2H3;1H. The topological polar surface area (TPSA) is 3.24 Å². The molecule has 1 aromatic rings. The molecule has 0 radical (unpaired) electrons. The fourth-order valence-corrected chi connectivity index (χ4v) is 4.31. The van der Waals surface area contributed by atoms with Crippen LogP contribution in [-0.4, -0.2) is 18.0 Å². The Hall–Kier alpha value is -0.530. The third-order valence-corrected chi connectivity index (χ3v) is 6.12. The van der Waals surface area contributed by atoms with E-state index in [2.05, 4.69) is 49.1 Å². The van der Waals surface area contributed by atoms with Gasteiger partial charge in [0.1, 0.15) is 0 Å². The van der Waals surface area contributed by atoms with Crippen LogP contribution in [0.3, 0.4) is 0 Å². The summed E-state index contributed by atoms with van der Waals surface area (Å²) >= 11 is 0. The first-order valence-corrected chi connectivity index (χ1v) is 13.1. The van der Waals surface area contributed by atoms with Gasteiger partial charge in [-0.3, -0.25) is 4.90 Å². The maximum absolute atomic E-state index is 2.64. The van der Waals surface area contributed by atoms with Gasteiger partial charge in [0, 0.05) is 6.54 Å². The van der Waals surface area contributed by atoms with Gasteiger partial charge in [-0.05, 0) is 31.5 Å². The van der Waals surface area contributed by atoms with E-state index < -0.39 is 0 Å². The Morgan fingerprint density at radius 3 is 1.37 bits per heavy atom. The quantitative estimate of drug-likeness (QED) is 0.173. The smallest absolute Gasteiger partial charge is 0.0233 e. The van der Waals surface area contributed by atoms with E-state index in [0.29, 0.717) is 0 Å². The summed E-state index contributed by atoms with van der Waals surface area (Å²) in [5.41, 5.74) is 1.46. The number of benzene rings is 1. The highest BCUT2D eigenvalue weighted by Crippen LogP contribution is 2.14. The molecule has 0 aliphatic heterocycles. The number of unbranched alkanes of at least 4 members (excludes halogenated alkanes) is 15. The molecule has 1 rings (SSSR count). The van der Waals surface area contributed by atoms with Crippen LogP contribution >= 0.6 is 12.4 Å². The summed E-state index contributed by atoms with van der Waals surface area (Å²) in [5.74, 6) is 0. The Morgan fingerprint density at radius 2 is 0.933 bits per heavy atom. The van der Waals surface area contributed by atoms with Crippen molar-refractivity contribution in [1.29, 1.82) is 0 Å². The lowest BCUT2D eigenvalue weighted by atomic mass is 10.0. The summed E-state index contributed by atoms with van der Waals surface area (Å²) in [5, 5.41) is 0. The van der Waals surface area contributed by atoms with Crippen molar-refractivity contribution in [3.8, 4) is 0 Å². The average Bonchev–Trinajstić information content (AvgIpc) is 2.74. The molecule has 0 unspecified atom stereocenters. The second-order valence-electron chi connectivity index (χ2n) is 9.07. The minimum atomic E-state index is 0. The molecule has 0 saturated carbocycles. The van der Waals surface area contributed by atoms with Gasteiger partial charge in [-0.25, -0.2) is 0 Å². The molecule has 0 spiro atoms. The molecule has 1 aromatic carbocycles. The number of halogens is 1. The van der Waals surface area contributed by atoms with E-state index in [1.165, 1.54) is 128 Å². The number of hydrogen-bond donors (Lipinski definition) is 0. The van der Waals surface area contributed by atoms with Crippen molar-refractivity contribution >= 4 is 12.4 Å². The fourth-order valence-electron chi connectivity index (χ4n) is 4.31. The molecule has 0 aliphatic rings. The normalized spacial score (nSPS) is 11.0. The largest absolute Gasteiger partial charge is 0.299 e. The van der Waals surface area contributed by atoms with Gasteiger partial charge in [-0.15, -0.1) is 12.4 Å². The molecule has 176 valence electrons. The predicted molar refractivity (Wildman–Crippen MR) is 139 cm³/mol. The molecule has 0 aliphatic carbocycles. The monoisotopic (exact) mass is 437 g/mol. The molecule has 1 nitrogen and oxygen atoms in total. The van der Waals surface area contributed by atoms with Gasteiger partial charge in [0.15, 0.2) is 0 Å². The molecule has 0 fully saturated rings. The molecule has 0 aromatic heterocycles. The van der Waals surface area contributed by atoms with Crippen molar-refractivity contribution in [2.75, 3.05) is 13.1 Å². The third-order valence-electron chi connectivity index (χ3n) is 6.12. The summed E-state index contributed by atoms with van der Waals surface area (Å²) < 4.78 is 0. The molecule has 0 bridgehead atoms. The predicted octanol–water partition coefficient (Wildman–Crippen LogP) is 9.58. The Morgan fingerprint density at radius 1 is 0.500 bits per heavy atom. The Labute approximate surface area is 195 Å². The lowest BCUT2D eigenvalue weighted by Crippen LogP contribution is -2.25. The van der Waals surface area contributed by atoms with Crippen LogP contribution in [0.15, 0.2) is 30.3 Å². The van der Waals surface area contributed by atoms with E-state index in [9.17, 15) is 0 Å². The number of hydrogen-bond acceptors (Lipinski definition) is 1. The Balaban J connectivity index is 0.00000841. The van der Waals surface area contributed by atoms with Gasteiger partial charge < -0.3 is 0 Å². The number of rotatable bonds is 21. The van der Waals surface area contributed by atoms with Crippen molar-refractivity contribution < 1.29 is 0 Å². The van der Waals surface area contributed by atoms with E-state index in [-0.39, 0.29) is 12.4 Å². The maximum atomic E-state index is 2.64. The fraction of sp³-hybridized carbons (Fsp3) is 0.786. The van der Waals surface area contributed by atoms with Gasteiger partial charge in [0.2, 0.25) is 0 Å². The van der Waals surface area contributed by atoms with Crippen LogP contribution in [0.25, 0.3) is 0 Å². The third kappa shape index (κ3) is 18.3. The Bertz CT molecular complexity index is 434. The first kappa shape index (κ1) is 29.5. The van der Waals surface area contributed by atoms with Crippen LogP contribution in [0.1, 0.15) is 129 Å². The van der Waals surface area contributed by atoms with Crippen molar-refractivity contribution in [2.45, 2.75) is 130 Å². The zero-order chi connectivity index (χ0) is 20.8. The molecule has 0 atom stereocenters. The van der Waals surface area contributed by atoms with E-state index >= 15 is 0 Å². The van der Waals surface area contributed by atoms with Gasteiger partial charge in [-0.1, -0.05) is 140 Å². The molecule has 30 heavy (non-hydrogen) atoms. The minimum absolute atomic E-state index is 0. The van der Waals surface area contributed by atoms with Gasteiger partial charge in [-0.2, -0.15) is 0 Å². The van der Waals surface area contributed by atoms with Crippen LogP contribution < -0.4 is 0 Å². The first-order valence-electron chi connectivity index (χ1n) is 13.1. The summed E-state index contributed by atoms with van der Waals surface area (Å²) in [6, 6.07) is 11.0. The van der Waals surface area contributed by atoms with Crippen LogP contribution in [0, 0.1) is 0 Å². The Kier molecular flexibility index (Phi) is 22.7. The van der Waals surface area contributed by atoms with Crippen LogP contribution in [0.5, 0.6) is 0 Å². The molecule has 2 heteroatoms. The second-order valence-corrected chi connectivity index (χ2v) is 9.07. The minimum Gasteiger partial charge on any atom is -0.299 e. The number of nitrogens with zero attached hydrogens (tertiary/aromatic N) is 1. The summed E-state index contributed by atoms with van der Waals surface area (Å²) in [6.45, 7) is 8.21. The van der Waals surface area contributed by atoms with Crippen molar-refractivity contribution in [3.63, 3.8) is 0 Å². The molecule has 0 heterocycles. The van der Waals surface area contributed by atoms with Crippen LogP contribution in [-0.2, 0) is 6.54 Å².